The van der Waals surface area contributed by atoms with Crippen LogP contribution in [0, 0.1) is 0 Å². The van der Waals surface area contributed by atoms with E-state index in [-0.39, 0.29) is 0 Å². The van der Waals surface area contributed by atoms with Crippen LogP contribution in [-0.2, 0) is 6.54 Å². The van der Waals surface area contributed by atoms with Crippen molar-refractivity contribution >= 4 is 0 Å². The van der Waals surface area contributed by atoms with Crippen LogP contribution in [0.5, 0.6) is 0 Å². The number of benzene rings is 1. The second-order valence-corrected chi connectivity index (χ2v) is 4.40. The Morgan fingerprint density at radius 3 is 2.59 bits per heavy atom. The highest BCUT2D eigenvalue weighted by Crippen LogP contribution is 2.01. The Bertz CT molecular complexity index is 277. The maximum absolute atomic E-state index is 8.64. The Balaban J connectivity index is 2.03. The van der Waals surface area contributed by atoms with Gasteiger partial charge in [-0.15, -0.1) is 0 Å². The van der Waals surface area contributed by atoms with Crippen LogP contribution in [0.1, 0.15) is 18.4 Å². The van der Waals surface area contributed by atoms with E-state index in [1.54, 1.807) is 0 Å². The predicted octanol–water partition coefficient (Wildman–Crippen LogP) is 1.48. The third-order valence-corrected chi connectivity index (χ3v) is 2.73. The molecule has 2 N–H and O–H groups in total. The molecule has 0 aliphatic rings. The van der Waals surface area contributed by atoms with Crippen molar-refractivity contribution in [1.82, 2.24) is 10.2 Å². The van der Waals surface area contributed by atoms with Gasteiger partial charge in [-0.05, 0) is 32.0 Å². The van der Waals surface area contributed by atoms with Crippen molar-refractivity contribution in [2.24, 2.45) is 0 Å². The van der Waals surface area contributed by atoms with E-state index in [4.69, 9.17) is 5.11 Å². The first-order valence-corrected chi connectivity index (χ1v) is 6.37. The molecule has 0 aliphatic heterocycles. The minimum atomic E-state index is 0.301. The van der Waals surface area contributed by atoms with E-state index >= 15 is 0 Å². The third kappa shape index (κ3) is 7.10. The van der Waals surface area contributed by atoms with Crippen LogP contribution in [0.4, 0.5) is 0 Å². The van der Waals surface area contributed by atoms with Gasteiger partial charge in [-0.2, -0.15) is 0 Å². The number of nitrogens with one attached hydrogen (secondary N) is 1. The van der Waals surface area contributed by atoms with Crippen LogP contribution in [0.3, 0.4) is 0 Å². The summed E-state index contributed by atoms with van der Waals surface area (Å²) in [6.07, 6.45) is 1.95. The zero-order chi connectivity index (χ0) is 12.3. The van der Waals surface area contributed by atoms with Crippen molar-refractivity contribution in [1.29, 1.82) is 0 Å². The van der Waals surface area contributed by atoms with Gasteiger partial charge >= 0.3 is 0 Å². The molecule has 0 bridgehead atoms. The summed E-state index contributed by atoms with van der Waals surface area (Å²) >= 11 is 0. The molecule has 1 aromatic rings. The molecule has 0 amide bonds. The second-order valence-electron chi connectivity index (χ2n) is 4.40. The summed E-state index contributed by atoms with van der Waals surface area (Å²) in [6.45, 7) is 4.36. The van der Waals surface area contributed by atoms with Crippen molar-refractivity contribution in [3.8, 4) is 0 Å². The first-order chi connectivity index (χ1) is 8.33. The summed E-state index contributed by atoms with van der Waals surface area (Å²) in [5, 5.41) is 12.0. The fourth-order valence-corrected chi connectivity index (χ4v) is 1.73. The third-order valence-electron chi connectivity index (χ3n) is 2.73. The summed E-state index contributed by atoms with van der Waals surface area (Å²) in [5.41, 5.74) is 1.36. The van der Waals surface area contributed by atoms with Crippen LogP contribution in [-0.4, -0.2) is 43.3 Å². The summed E-state index contributed by atoms with van der Waals surface area (Å²) in [6, 6.07) is 10.5. The molecule has 96 valence electrons. The minimum Gasteiger partial charge on any atom is -0.396 e. The summed E-state index contributed by atoms with van der Waals surface area (Å²) in [4.78, 5) is 2.31. The molecule has 1 rings (SSSR count). The summed E-state index contributed by atoms with van der Waals surface area (Å²) in [7, 11) is 2.14. The lowest BCUT2D eigenvalue weighted by Crippen LogP contribution is -2.29. The van der Waals surface area contributed by atoms with Gasteiger partial charge in [0.15, 0.2) is 0 Å². The van der Waals surface area contributed by atoms with Crippen LogP contribution >= 0.6 is 0 Å². The van der Waals surface area contributed by atoms with Crippen molar-refractivity contribution in [3.05, 3.63) is 35.9 Å². The summed E-state index contributed by atoms with van der Waals surface area (Å²) < 4.78 is 0. The van der Waals surface area contributed by atoms with Crippen molar-refractivity contribution in [2.75, 3.05) is 33.3 Å². The maximum atomic E-state index is 8.64. The second kappa shape index (κ2) is 9.16. The van der Waals surface area contributed by atoms with Gasteiger partial charge in [0.25, 0.3) is 0 Å². The average molecular weight is 236 g/mol. The van der Waals surface area contributed by atoms with Crippen molar-refractivity contribution < 1.29 is 5.11 Å². The standard InChI is InChI=1S/C14H24N2O/c1-16(11-10-15-9-5-6-12-17)13-14-7-3-2-4-8-14/h2-4,7-8,15,17H,5-6,9-13H2,1H3. The Morgan fingerprint density at radius 2 is 1.88 bits per heavy atom. The maximum Gasteiger partial charge on any atom is 0.0431 e. The molecule has 0 saturated heterocycles. The molecular formula is C14H24N2O. The van der Waals surface area contributed by atoms with Crippen LogP contribution in [0.25, 0.3) is 0 Å². The van der Waals surface area contributed by atoms with Gasteiger partial charge < -0.3 is 15.3 Å². The van der Waals surface area contributed by atoms with Crippen LogP contribution in [0.15, 0.2) is 30.3 Å². The highest BCUT2D eigenvalue weighted by molar-refractivity contribution is 5.14. The van der Waals surface area contributed by atoms with Gasteiger partial charge in [-0.1, -0.05) is 30.3 Å². The SMILES string of the molecule is CN(CCNCCCCO)Cc1ccccc1. The molecule has 1 aromatic carbocycles. The number of nitrogens with zero attached hydrogens (tertiary/aromatic N) is 1. The number of aliphatic hydroxyl groups is 1. The lowest BCUT2D eigenvalue weighted by Gasteiger charge is -2.16. The van der Waals surface area contributed by atoms with E-state index in [0.717, 1.165) is 39.0 Å². The lowest BCUT2D eigenvalue weighted by atomic mass is 10.2. The predicted molar refractivity (Wildman–Crippen MR) is 72.0 cm³/mol. The smallest absolute Gasteiger partial charge is 0.0431 e. The number of hydrogen-bond acceptors (Lipinski definition) is 3. The first-order valence-electron chi connectivity index (χ1n) is 6.37. The molecule has 3 heteroatoms. The van der Waals surface area contributed by atoms with Crippen LogP contribution in [0.2, 0.25) is 0 Å². The Morgan fingerprint density at radius 1 is 1.12 bits per heavy atom. The molecule has 0 atom stereocenters. The van der Waals surface area contributed by atoms with Gasteiger partial charge in [-0.3, -0.25) is 0 Å². The Hall–Kier alpha value is -0.900. The van der Waals surface area contributed by atoms with Gasteiger partial charge in [0, 0.05) is 26.2 Å². The fourth-order valence-electron chi connectivity index (χ4n) is 1.73. The molecule has 0 heterocycles. The quantitative estimate of drug-likeness (QED) is 0.638. The minimum absolute atomic E-state index is 0.301. The summed E-state index contributed by atoms with van der Waals surface area (Å²) in [5.74, 6) is 0. The average Bonchev–Trinajstić information content (AvgIpc) is 2.35. The zero-order valence-electron chi connectivity index (χ0n) is 10.7. The van der Waals surface area contributed by atoms with Crippen LogP contribution < -0.4 is 5.32 Å². The highest BCUT2D eigenvalue weighted by atomic mass is 16.2. The van der Waals surface area contributed by atoms with E-state index < -0.39 is 0 Å². The van der Waals surface area contributed by atoms with Crippen molar-refractivity contribution in [3.63, 3.8) is 0 Å². The molecule has 0 fully saturated rings. The largest absolute Gasteiger partial charge is 0.396 e. The molecule has 3 nitrogen and oxygen atoms in total. The lowest BCUT2D eigenvalue weighted by molar-refractivity contribution is 0.282. The van der Waals surface area contributed by atoms with Gasteiger partial charge in [0.2, 0.25) is 0 Å². The van der Waals surface area contributed by atoms with E-state index in [9.17, 15) is 0 Å². The van der Waals surface area contributed by atoms with E-state index in [1.165, 1.54) is 5.56 Å². The van der Waals surface area contributed by atoms with E-state index in [2.05, 4.69) is 41.5 Å². The zero-order valence-corrected chi connectivity index (χ0v) is 10.7. The molecule has 0 spiro atoms. The van der Waals surface area contributed by atoms with E-state index in [0.29, 0.717) is 6.61 Å². The molecule has 17 heavy (non-hydrogen) atoms. The molecule has 0 aliphatic carbocycles. The fraction of sp³-hybridized carbons (Fsp3) is 0.571. The molecular weight excluding hydrogens is 212 g/mol. The number of unbranched alkanes of at least 4 members (excludes halogenated alkanes) is 1. The normalized spacial score (nSPS) is 11.0. The number of rotatable bonds is 9. The molecule has 0 saturated carbocycles. The number of hydrogen-bond donors (Lipinski definition) is 2. The monoisotopic (exact) mass is 236 g/mol. The molecule has 0 unspecified atom stereocenters. The Kier molecular flexibility index (Phi) is 7.63. The molecule has 0 aromatic heterocycles. The first kappa shape index (κ1) is 14.2. The van der Waals surface area contributed by atoms with E-state index in [1.807, 2.05) is 6.07 Å². The van der Waals surface area contributed by atoms with Gasteiger partial charge in [-0.25, -0.2) is 0 Å². The molecule has 0 radical (unpaired) electrons. The topological polar surface area (TPSA) is 35.5 Å². The number of likely N-dealkylation sites (N-methyl/N-ethyl adjacent to an activating group) is 1. The van der Waals surface area contributed by atoms with Gasteiger partial charge in [0.1, 0.15) is 0 Å². The Labute approximate surface area is 104 Å². The van der Waals surface area contributed by atoms with Crippen molar-refractivity contribution in [2.45, 2.75) is 19.4 Å². The number of aliphatic hydroxyl groups excluding tert-OH is 1. The van der Waals surface area contributed by atoms with Gasteiger partial charge in [0.05, 0.1) is 0 Å². The highest BCUT2D eigenvalue weighted by Gasteiger charge is 1.98.